The Morgan fingerprint density at radius 1 is 1.42 bits per heavy atom. The molecular weight excluding hydrogens is 249 g/mol. The zero-order valence-electron chi connectivity index (χ0n) is 11.4. The second-order valence-electron chi connectivity index (χ2n) is 4.73. The van der Waals surface area contributed by atoms with Crippen LogP contribution in [0, 0.1) is 11.7 Å². The molecule has 106 valence electrons. The van der Waals surface area contributed by atoms with Crippen LogP contribution in [0.1, 0.15) is 32.4 Å². The summed E-state index contributed by atoms with van der Waals surface area (Å²) in [7, 11) is 0. The minimum Gasteiger partial charge on any atom is -0.508 e. The number of rotatable bonds is 6. The van der Waals surface area contributed by atoms with E-state index in [-0.39, 0.29) is 12.4 Å². The normalized spacial score (nSPS) is 12.5. The van der Waals surface area contributed by atoms with Crippen LogP contribution in [0.3, 0.4) is 0 Å². The van der Waals surface area contributed by atoms with Crippen LogP contribution >= 0.6 is 0 Å². The second-order valence-corrected chi connectivity index (χ2v) is 4.73. The van der Waals surface area contributed by atoms with Gasteiger partial charge in [0.1, 0.15) is 17.6 Å². The number of carbonyl (C=O) groups is 1. The summed E-state index contributed by atoms with van der Waals surface area (Å²) in [6, 6.07) is 2.80. The SMILES string of the molecule is CCOC(=O)C(NCC(C)C)c1cc(O)cc(F)c1. The van der Waals surface area contributed by atoms with Crippen molar-refractivity contribution in [2.75, 3.05) is 13.2 Å². The molecule has 2 N–H and O–H groups in total. The summed E-state index contributed by atoms with van der Waals surface area (Å²) in [5, 5.41) is 12.4. The molecule has 1 rings (SSSR count). The Kier molecular flexibility index (Phi) is 5.76. The van der Waals surface area contributed by atoms with E-state index in [4.69, 9.17) is 4.74 Å². The van der Waals surface area contributed by atoms with Gasteiger partial charge in [-0.15, -0.1) is 0 Å². The quantitative estimate of drug-likeness (QED) is 0.778. The summed E-state index contributed by atoms with van der Waals surface area (Å²) in [6.07, 6.45) is 0. The highest BCUT2D eigenvalue weighted by molar-refractivity contribution is 5.77. The van der Waals surface area contributed by atoms with Crippen molar-refractivity contribution >= 4 is 5.97 Å². The number of benzene rings is 1. The highest BCUT2D eigenvalue weighted by Gasteiger charge is 2.22. The molecule has 1 unspecified atom stereocenters. The molecule has 1 aromatic rings. The molecule has 4 nitrogen and oxygen atoms in total. The van der Waals surface area contributed by atoms with Crippen molar-refractivity contribution in [3.63, 3.8) is 0 Å². The number of halogens is 1. The van der Waals surface area contributed by atoms with Crippen LogP contribution in [0.25, 0.3) is 0 Å². The van der Waals surface area contributed by atoms with Gasteiger partial charge in [-0.05, 0) is 37.1 Å². The summed E-state index contributed by atoms with van der Waals surface area (Å²) < 4.78 is 18.3. The number of phenolic OH excluding ortho intramolecular Hbond substituents is 1. The van der Waals surface area contributed by atoms with Crippen molar-refractivity contribution in [2.24, 2.45) is 5.92 Å². The molecule has 0 heterocycles. The number of aromatic hydroxyl groups is 1. The van der Waals surface area contributed by atoms with Gasteiger partial charge in [-0.2, -0.15) is 0 Å². The fraction of sp³-hybridized carbons (Fsp3) is 0.500. The van der Waals surface area contributed by atoms with Crippen molar-refractivity contribution in [2.45, 2.75) is 26.8 Å². The van der Waals surface area contributed by atoms with Crippen molar-refractivity contribution < 1.29 is 19.0 Å². The molecule has 0 aliphatic heterocycles. The van der Waals surface area contributed by atoms with Gasteiger partial charge in [0, 0.05) is 6.07 Å². The van der Waals surface area contributed by atoms with Gasteiger partial charge >= 0.3 is 5.97 Å². The summed E-state index contributed by atoms with van der Waals surface area (Å²) in [5.74, 6) is -0.946. The van der Waals surface area contributed by atoms with E-state index in [1.165, 1.54) is 12.1 Å². The first-order valence-corrected chi connectivity index (χ1v) is 6.33. The van der Waals surface area contributed by atoms with E-state index in [0.29, 0.717) is 18.0 Å². The largest absolute Gasteiger partial charge is 0.508 e. The molecule has 0 aliphatic carbocycles. The number of esters is 1. The van der Waals surface area contributed by atoms with Gasteiger partial charge in [-0.3, -0.25) is 0 Å². The Morgan fingerprint density at radius 3 is 2.63 bits per heavy atom. The molecule has 0 aromatic heterocycles. The lowest BCUT2D eigenvalue weighted by molar-refractivity contribution is -0.145. The third-order valence-electron chi connectivity index (χ3n) is 2.49. The van der Waals surface area contributed by atoms with Gasteiger partial charge in [-0.25, -0.2) is 9.18 Å². The van der Waals surface area contributed by atoms with Crippen LogP contribution in [0.2, 0.25) is 0 Å². The van der Waals surface area contributed by atoms with Crippen LogP contribution < -0.4 is 5.32 Å². The monoisotopic (exact) mass is 269 g/mol. The van der Waals surface area contributed by atoms with E-state index in [1.807, 2.05) is 13.8 Å². The molecule has 0 saturated heterocycles. The molecule has 19 heavy (non-hydrogen) atoms. The highest BCUT2D eigenvalue weighted by atomic mass is 19.1. The molecule has 1 aromatic carbocycles. The van der Waals surface area contributed by atoms with Crippen molar-refractivity contribution in [3.05, 3.63) is 29.6 Å². The molecular formula is C14H20FNO3. The number of carbonyl (C=O) groups excluding carboxylic acids is 1. The standard InChI is InChI=1S/C14H20FNO3/c1-4-19-14(18)13(16-8-9(2)3)10-5-11(15)7-12(17)6-10/h5-7,9,13,16-17H,4,8H2,1-3H3. The summed E-state index contributed by atoms with van der Waals surface area (Å²) in [5.41, 5.74) is 0.358. The van der Waals surface area contributed by atoms with Crippen LogP contribution in [0.4, 0.5) is 4.39 Å². The molecule has 0 fully saturated rings. The lowest BCUT2D eigenvalue weighted by Gasteiger charge is -2.19. The Hall–Kier alpha value is -1.62. The molecule has 0 saturated carbocycles. The van der Waals surface area contributed by atoms with Crippen LogP contribution in [0.5, 0.6) is 5.75 Å². The lowest BCUT2D eigenvalue weighted by Crippen LogP contribution is -2.32. The van der Waals surface area contributed by atoms with Crippen molar-refractivity contribution in [1.29, 1.82) is 0 Å². The van der Waals surface area contributed by atoms with Gasteiger partial charge in [0.2, 0.25) is 0 Å². The maximum atomic E-state index is 13.3. The zero-order valence-corrected chi connectivity index (χ0v) is 11.4. The second kappa shape index (κ2) is 7.09. The average Bonchev–Trinajstić information content (AvgIpc) is 2.27. The number of hydrogen-bond donors (Lipinski definition) is 2. The maximum Gasteiger partial charge on any atom is 0.327 e. The first kappa shape index (κ1) is 15.4. The van der Waals surface area contributed by atoms with Crippen LogP contribution in [-0.2, 0) is 9.53 Å². The first-order valence-electron chi connectivity index (χ1n) is 6.33. The van der Waals surface area contributed by atoms with E-state index in [0.717, 1.165) is 6.07 Å². The maximum absolute atomic E-state index is 13.3. The fourth-order valence-corrected chi connectivity index (χ4v) is 1.68. The minimum absolute atomic E-state index is 0.212. The van der Waals surface area contributed by atoms with E-state index < -0.39 is 17.8 Å². The molecule has 0 spiro atoms. The predicted octanol–water partition coefficient (Wildman–Crippen LogP) is 2.38. The number of hydrogen-bond acceptors (Lipinski definition) is 4. The van der Waals surface area contributed by atoms with Gasteiger partial charge in [0.15, 0.2) is 0 Å². The van der Waals surface area contributed by atoms with E-state index in [1.54, 1.807) is 6.92 Å². The van der Waals surface area contributed by atoms with Gasteiger partial charge in [-0.1, -0.05) is 13.8 Å². The summed E-state index contributed by atoms with van der Waals surface area (Å²) in [6.45, 7) is 6.54. The van der Waals surface area contributed by atoms with Gasteiger partial charge in [0.05, 0.1) is 6.61 Å². The van der Waals surface area contributed by atoms with Gasteiger partial charge in [0.25, 0.3) is 0 Å². The molecule has 0 amide bonds. The number of nitrogens with one attached hydrogen (secondary N) is 1. The fourth-order valence-electron chi connectivity index (χ4n) is 1.68. The molecule has 0 bridgehead atoms. The summed E-state index contributed by atoms with van der Waals surface area (Å²) >= 11 is 0. The third-order valence-corrected chi connectivity index (χ3v) is 2.49. The van der Waals surface area contributed by atoms with E-state index in [9.17, 15) is 14.3 Å². The first-order chi connectivity index (χ1) is 8.93. The van der Waals surface area contributed by atoms with Gasteiger partial charge < -0.3 is 15.2 Å². The van der Waals surface area contributed by atoms with Crippen molar-refractivity contribution in [3.8, 4) is 5.75 Å². The van der Waals surface area contributed by atoms with Crippen LogP contribution in [0.15, 0.2) is 18.2 Å². The van der Waals surface area contributed by atoms with E-state index in [2.05, 4.69) is 5.32 Å². The topological polar surface area (TPSA) is 58.6 Å². The average molecular weight is 269 g/mol. The van der Waals surface area contributed by atoms with Crippen LogP contribution in [-0.4, -0.2) is 24.2 Å². The minimum atomic E-state index is -0.774. The third kappa shape index (κ3) is 4.87. The molecule has 0 aliphatic rings. The smallest absolute Gasteiger partial charge is 0.327 e. The predicted molar refractivity (Wildman–Crippen MR) is 70.3 cm³/mol. The Bertz CT molecular complexity index is 414. The summed E-state index contributed by atoms with van der Waals surface area (Å²) in [4.78, 5) is 11.9. The Balaban J connectivity index is 2.96. The van der Waals surface area contributed by atoms with Crippen molar-refractivity contribution in [1.82, 2.24) is 5.32 Å². The lowest BCUT2D eigenvalue weighted by atomic mass is 10.1. The number of ether oxygens (including phenoxy) is 1. The Morgan fingerprint density at radius 2 is 2.11 bits per heavy atom. The highest BCUT2D eigenvalue weighted by Crippen LogP contribution is 2.22. The molecule has 1 atom stereocenters. The van der Waals surface area contributed by atoms with E-state index >= 15 is 0 Å². The zero-order chi connectivity index (χ0) is 14.4. The Labute approximate surface area is 112 Å². The number of phenols is 1. The molecule has 0 radical (unpaired) electrons. The molecule has 5 heteroatoms.